The number of nitrogen functional groups attached to an aromatic ring is 1. The van der Waals surface area contributed by atoms with Crippen LogP contribution in [0.4, 0.5) is 11.5 Å². The highest BCUT2D eigenvalue weighted by molar-refractivity contribution is 5.57. The van der Waals surface area contributed by atoms with Crippen molar-refractivity contribution in [1.82, 2.24) is 4.98 Å². The second kappa shape index (κ2) is 6.43. The topological polar surface area (TPSA) is 84.0 Å². The molecule has 5 heteroatoms. The van der Waals surface area contributed by atoms with E-state index in [-0.39, 0.29) is 0 Å². The van der Waals surface area contributed by atoms with Gasteiger partial charge >= 0.3 is 0 Å². The lowest BCUT2D eigenvalue weighted by atomic mass is 10.1. The summed E-state index contributed by atoms with van der Waals surface area (Å²) >= 11 is 0. The van der Waals surface area contributed by atoms with E-state index in [1.54, 1.807) is 13.2 Å². The van der Waals surface area contributed by atoms with Crippen LogP contribution >= 0.6 is 0 Å². The number of nitrogens with two attached hydrogens (primary N) is 1. The maximum atomic E-state index is 9.02. The Hall–Kier alpha value is -2.74. The summed E-state index contributed by atoms with van der Waals surface area (Å²) in [6.45, 7) is 0.692. The second-order valence-corrected chi connectivity index (χ2v) is 4.30. The van der Waals surface area contributed by atoms with Crippen molar-refractivity contribution in [2.24, 2.45) is 0 Å². The first-order valence-electron chi connectivity index (χ1n) is 6.25. The average Bonchev–Trinajstić information content (AvgIpc) is 2.49. The fraction of sp³-hybridized carbons (Fsp3) is 0.200. The number of rotatable bonds is 5. The van der Waals surface area contributed by atoms with E-state index >= 15 is 0 Å². The summed E-state index contributed by atoms with van der Waals surface area (Å²) in [5.74, 6) is 1.41. The molecule has 102 valence electrons. The summed E-state index contributed by atoms with van der Waals surface area (Å²) < 4.78 is 5.11. The first-order valence-corrected chi connectivity index (χ1v) is 6.25. The Balaban J connectivity index is 1.94. The molecule has 0 aliphatic rings. The summed E-state index contributed by atoms with van der Waals surface area (Å²) in [6.07, 6.45) is 2.37. The zero-order chi connectivity index (χ0) is 14.4. The SMILES string of the molecule is COc1ccc(CCNc2ncc(N)cc2C#N)cc1. The highest BCUT2D eigenvalue weighted by atomic mass is 16.5. The van der Waals surface area contributed by atoms with Gasteiger partial charge in [-0.2, -0.15) is 5.26 Å². The molecular formula is C15H16N4O. The molecule has 0 aliphatic heterocycles. The van der Waals surface area contributed by atoms with Crippen molar-refractivity contribution in [3.8, 4) is 11.8 Å². The number of hydrogen-bond donors (Lipinski definition) is 2. The molecule has 1 aromatic heterocycles. The van der Waals surface area contributed by atoms with Crippen LogP contribution in [0, 0.1) is 11.3 Å². The molecule has 2 aromatic rings. The molecule has 0 atom stereocenters. The zero-order valence-electron chi connectivity index (χ0n) is 11.3. The van der Waals surface area contributed by atoms with E-state index in [2.05, 4.69) is 16.4 Å². The highest BCUT2D eigenvalue weighted by Gasteiger charge is 2.03. The number of benzene rings is 1. The third kappa shape index (κ3) is 3.39. The smallest absolute Gasteiger partial charge is 0.144 e. The Morgan fingerprint density at radius 1 is 1.35 bits per heavy atom. The van der Waals surface area contributed by atoms with Crippen molar-refractivity contribution >= 4 is 11.5 Å². The number of aromatic nitrogens is 1. The lowest BCUT2D eigenvalue weighted by molar-refractivity contribution is 0.414. The molecule has 0 radical (unpaired) electrons. The molecule has 0 spiro atoms. The summed E-state index contributed by atoms with van der Waals surface area (Å²) in [6, 6.07) is 11.6. The normalized spacial score (nSPS) is 9.80. The van der Waals surface area contributed by atoms with Crippen LogP contribution in [0.15, 0.2) is 36.5 Å². The molecule has 5 nitrogen and oxygen atoms in total. The van der Waals surface area contributed by atoms with Gasteiger partial charge in [-0.1, -0.05) is 12.1 Å². The van der Waals surface area contributed by atoms with Crippen molar-refractivity contribution in [2.75, 3.05) is 24.7 Å². The summed E-state index contributed by atoms with van der Waals surface area (Å²) in [4.78, 5) is 4.13. The number of methoxy groups -OCH3 is 1. The number of nitriles is 1. The van der Waals surface area contributed by atoms with Gasteiger partial charge in [-0.05, 0) is 30.2 Å². The third-order valence-electron chi connectivity index (χ3n) is 2.89. The van der Waals surface area contributed by atoms with Gasteiger partial charge in [-0.25, -0.2) is 4.98 Å². The Kier molecular flexibility index (Phi) is 4.40. The average molecular weight is 268 g/mol. The number of hydrogen-bond acceptors (Lipinski definition) is 5. The minimum Gasteiger partial charge on any atom is -0.497 e. The van der Waals surface area contributed by atoms with Gasteiger partial charge in [0.2, 0.25) is 0 Å². The van der Waals surface area contributed by atoms with Gasteiger partial charge in [0.05, 0.1) is 24.6 Å². The maximum Gasteiger partial charge on any atom is 0.144 e. The predicted octanol–water partition coefficient (Wildman–Crippen LogP) is 2.20. The Bertz CT molecular complexity index is 617. The molecule has 0 fully saturated rings. The lowest BCUT2D eigenvalue weighted by Gasteiger charge is -2.08. The van der Waals surface area contributed by atoms with E-state index in [0.29, 0.717) is 23.6 Å². The molecule has 0 bridgehead atoms. The van der Waals surface area contributed by atoms with Crippen molar-refractivity contribution in [2.45, 2.75) is 6.42 Å². The molecule has 0 unspecified atom stereocenters. The van der Waals surface area contributed by atoms with E-state index in [1.165, 1.54) is 11.8 Å². The Labute approximate surface area is 118 Å². The molecule has 1 heterocycles. The third-order valence-corrected chi connectivity index (χ3v) is 2.89. The first-order chi connectivity index (χ1) is 9.72. The van der Waals surface area contributed by atoms with Gasteiger partial charge in [0.25, 0.3) is 0 Å². The molecule has 3 N–H and O–H groups in total. The molecule has 2 rings (SSSR count). The molecular weight excluding hydrogens is 252 g/mol. The monoisotopic (exact) mass is 268 g/mol. The summed E-state index contributed by atoms with van der Waals surface area (Å²) in [7, 11) is 1.65. The maximum absolute atomic E-state index is 9.02. The molecule has 0 saturated heterocycles. The van der Waals surface area contributed by atoms with Crippen molar-refractivity contribution in [3.05, 3.63) is 47.7 Å². The molecule has 0 saturated carbocycles. The van der Waals surface area contributed by atoms with Crippen molar-refractivity contribution < 1.29 is 4.74 Å². The number of nitrogens with one attached hydrogen (secondary N) is 1. The van der Waals surface area contributed by atoms with Gasteiger partial charge in [0.1, 0.15) is 17.6 Å². The minimum atomic E-state index is 0.458. The summed E-state index contributed by atoms with van der Waals surface area (Å²) in [5.41, 5.74) is 7.73. The van der Waals surface area contributed by atoms with Gasteiger partial charge in [0, 0.05) is 6.54 Å². The van der Waals surface area contributed by atoms with Crippen LogP contribution in [0.3, 0.4) is 0 Å². The fourth-order valence-corrected chi connectivity index (χ4v) is 1.82. The fourth-order valence-electron chi connectivity index (χ4n) is 1.82. The van der Waals surface area contributed by atoms with E-state index in [1.807, 2.05) is 24.3 Å². The minimum absolute atomic E-state index is 0.458. The van der Waals surface area contributed by atoms with Crippen LogP contribution in [0.25, 0.3) is 0 Å². The largest absolute Gasteiger partial charge is 0.497 e. The van der Waals surface area contributed by atoms with Crippen molar-refractivity contribution in [3.63, 3.8) is 0 Å². The van der Waals surface area contributed by atoms with E-state index < -0.39 is 0 Å². The van der Waals surface area contributed by atoms with Crippen LogP contribution in [-0.4, -0.2) is 18.6 Å². The lowest BCUT2D eigenvalue weighted by Crippen LogP contribution is -2.08. The van der Waals surface area contributed by atoms with Crippen LogP contribution in [-0.2, 0) is 6.42 Å². The highest BCUT2D eigenvalue weighted by Crippen LogP contribution is 2.15. The number of anilines is 2. The van der Waals surface area contributed by atoms with Gasteiger partial charge in [0.15, 0.2) is 0 Å². The molecule has 0 amide bonds. The zero-order valence-corrected chi connectivity index (χ0v) is 11.3. The predicted molar refractivity (Wildman–Crippen MR) is 78.6 cm³/mol. The molecule has 20 heavy (non-hydrogen) atoms. The Morgan fingerprint density at radius 2 is 2.10 bits per heavy atom. The second-order valence-electron chi connectivity index (χ2n) is 4.30. The Morgan fingerprint density at radius 3 is 2.75 bits per heavy atom. The van der Waals surface area contributed by atoms with Crippen LogP contribution < -0.4 is 15.8 Å². The quantitative estimate of drug-likeness (QED) is 0.868. The number of nitrogens with zero attached hydrogens (tertiary/aromatic N) is 2. The van der Waals surface area contributed by atoms with E-state index in [4.69, 9.17) is 15.7 Å². The van der Waals surface area contributed by atoms with E-state index in [0.717, 1.165) is 12.2 Å². The van der Waals surface area contributed by atoms with Gasteiger partial charge in [-0.15, -0.1) is 0 Å². The van der Waals surface area contributed by atoms with Crippen LogP contribution in [0.5, 0.6) is 5.75 Å². The number of ether oxygens (including phenoxy) is 1. The van der Waals surface area contributed by atoms with Gasteiger partial charge < -0.3 is 15.8 Å². The van der Waals surface area contributed by atoms with Crippen molar-refractivity contribution in [1.29, 1.82) is 5.26 Å². The molecule has 1 aromatic carbocycles. The van der Waals surface area contributed by atoms with Crippen LogP contribution in [0.2, 0.25) is 0 Å². The standard InChI is InChI=1S/C15H16N4O/c1-20-14-4-2-11(3-5-14)6-7-18-15-12(9-16)8-13(17)10-19-15/h2-5,8,10H,6-7,17H2,1H3,(H,18,19). The first kappa shape index (κ1) is 13.7. The summed E-state index contributed by atoms with van der Waals surface area (Å²) in [5, 5.41) is 12.2. The number of pyridine rings is 1. The van der Waals surface area contributed by atoms with Crippen LogP contribution in [0.1, 0.15) is 11.1 Å². The van der Waals surface area contributed by atoms with Gasteiger partial charge in [-0.3, -0.25) is 0 Å². The van der Waals surface area contributed by atoms with E-state index in [9.17, 15) is 0 Å². The molecule has 0 aliphatic carbocycles.